The monoisotopic (exact) mass is 356 g/mol. The summed E-state index contributed by atoms with van der Waals surface area (Å²) in [6, 6.07) is 11.1. The van der Waals surface area contributed by atoms with E-state index in [9.17, 15) is 9.18 Å². The Hall–Kier alpha value is -2.40. The van der Waals surface area contributed by atoms with E-state index in [0.29, 0.717) is 13.1 Å². The Kier molecular flexibility index (Phi) is 5.28. The van der Waals surface area contributed by atoms with Gasteiger partial charge in [-0.15, -0.1) is 0 Å². The van der Waals surface area contributed by atoms with Crippen molar-refractivity contribution < 1.29 is 13.9 Å². The average Bonchev–Trinajstić information content (AvgIpc) is 2.58. The second-order valence-corrected chi connectivity index (χ2v) is 7.57. The molecular weight excluding hydrogens is 331 g/mol. The first-order chi connectivity index (χ1) is 12.3. The average molecular weight is 356 g/mol. The normalized spacial score (nSPS) is 13.8. The van der Waals surface area contributed by atoms with Crippen LogP contribution < -0.4 is 10.6 Å². The summed E-state index contributed by atoms with van der Waals surface area (Å²) in [5.41, 5.74) is 4.63. The molecular formula is C21H25FN2O2. The molecule has 5 heteroatoms. The van der Waals surface area contributed by atoms with Gasteiger partial charge in [0.05, 0.1) is 0 Å². The highest BCUT2D eigenvalue weighted by Gasteiger charge is 2.17. The van der Waals surface area contributed by atoms with Crippen LogP contribution in [0.5, 0.6) is 0 Å². The van der Waals surface area contributed by atoms with E-state index in [0.717, 1.165) is 35.2 Å². The molecule has 0 aliphatic carbocycles. The maximum atomic E-state index is 14.0. The van der Waals surface area contributed by atoms with Gasteiger partial charge in [-0.25, -0.2) is 9.18 Å². The van der Waals surface area contributed by atoms with Crippen LogP contribution in [0.1, 0.15) is 37.5 Å². The molecule has 0 aromatic heterocycles. The zero-order valence-electron chi connectivity index (χ0n) is 15.5. The van der Waals surface area contributed by atoms with E-state index in [1.807, 2.05) is 45.0 Å². The molecule has 3 rings (SSSR count). The van der Waals surface area contributed by atoms with Gasteiger partial charge in [0.15, 0.2) is 0 Å². The van der Waals surface area contributed by atoms with Gasteiger partial charge >= 0.3 is 6.09 Å². The van der Waals surface area contributed by atoms with Gasteiger partial charge in [-0.3, -0.25) is 0 Å². The van der Waals surface area contributed by atoms with Gasteiger partial charge in [0, 0.05) is 13.1 Å². The number of alkyl carbamates (subject to hydrolysis) is 1. The second kappa shape index (κ2) is 7.46. The quantitative estimate of drug-likeness (QED) is 0.868. The zero-order valence-corrected chi connectivity index (χ0v) is 15.5. The number of carbonyl (C=O) groups excluding carboxylic acids is 1. The Bertz CT molecular complexity index is 795. The number of amides is 1. The molecule has 0 spiro atoms. The zero-order chi connectivity index (χ0) is 18.7. The van der Waals surface area contributed by atoms with Gasteiger partial charge in [0.1, 0.15) is 11.4 Å². The Morgan fingerprint density at radius 2 is 1.96 bits per heavy atom. The van der Waals surface area contributed by atoms with E-state index < -0.39 is 11.7 Å². The van der Waals surface area contributed by atoms with E-state index in [4.69, 9.17) is 4.74 Å². The van der Waals surface area contributed by atoms with Crippen LogP contribution in [0.2, 0.25) is 0 Å². The lowest BCUT2D eigenvalue weighted by atomic mass is 9.91. The molecule has 2 aromatic carbocycles. The lowest BCUT2D eigenvalue weighted by molar-refractivity contribution is 0.0523. The maximum absolute atomic E-state index is 14.0. The number of halogens is 1. The molecule has 1 amide bonds. The summed E-state index contributed by atoms with van der Waals surface area (Å²) >= 11 is 0. The summed E-state index contributed by atoms with van der Waals surface area (Å²) in [6.45, 7) is 7.49. The number of rotatable bonds is 3. The van der Waals surface area contributed by atoms with Crippen molar-refractivity contribution in [3.63, 3.8) is 0 Å². The van der Waals surface area contributed by atoms with Crippen molar-refractivity contribution in [1.29, 1.82) is 0 Å². The minimum atomic E-state index is -0.515. The number of carbonyl (C=O) groups is 1. The Morgan fingerprint density at radius 3 is 2.65 bits per heavy atom. The Morgan fingerprint density at radius 1 is 1.23 bits per heavy atom. The molecule has 138 valence electrons. The van der Waals surface area contributed by atoms with Gasteiger partial charge in [0.25, 0.3) is 0 Å². The minimum absolute atomic E-state index is 0.210. The van der Waals surface area contributed by atoms with Crippen molar-refractivity contribution >= 4 is 6.09 Å². The predicted octanol–water partition coefficient (Wildman–Crippen LogP) is 4.16. The van der Waals surface area contributed by atoms with E-state index in [-0.39, 0.29) is 5.82 Å². The van der Waals surface area contributed by atoms with E-state index in [1.165, 1.54) is 5.56 Å². The molecule has 0 fully saturated rings. The van der Waals surface area contributed by atoms with Crippen molar-refractivity contribution in [2.45, 2.75) is 45.9 Å². The Labute approximate surface area is 153 Å². The fraction of sp³-hybridized carbons (Fsp3) is 0.381. The van der Waals surface area contributed by atoms with Crippen LogP contribution in [0, 0.1) is 5.82 Å². The van der Waals surface area contributed by atoms with E-state index >= 15 is 0 Å². The minimum Gasteiger partial charge on any atom is -0.444 e. The van der Waals surface area contributed by atoms with Crippen molar-refractivity contribution in [3.8, 4) is 11.1 Å². The van der Waals surface area contributed by atoms with Gasteiger partial charge in [0.2, 0.25) is 0 Å². The fourth-order valence-corrected chi connectivity index (χ4v) is 3.13. The highest BCUT2D eigenvalue weighted by Crippen LogP contribution is 2.30. The smallest absolute Gasteiger partial charge is 0.407 e. The van der Waals surface area contributed by atoms with Crippen LogP contribution in [-0.2, 0) is 24.2 Å². The number of benzene rings is 2. The maximum Gasteiger partial charge on any atom is 0.407 e. The predicted molar refractivity (Wildman–Crippen MR) is 100 cm³/mol. The van der Waals surface area contributed by atoms with Crippen LogP contribution >= 0.6 is 0 Å². The molecule has 2 N–H and O–H groups in total. The molecule has 4 nitrogen and oxygen atoms in total. The molecule has 0 saturated heterocycles. The number of hydrogen-bond donors (Lipinski definition) is 2. The van der Waals surface area contributed by atoms with Gasteiger partial charge < -0.3 is 15.4 Å². The van der Waals surface area contributed by atoms with Crippen LogP contribution in [0.25, 0.3) is 11.1 Å². The summed E-state index contributed by atoms with van der Waals surface area (Å²) in [5, 5.41) is 6.02. The third-order valence-corrected chi connectivity index (χ3v) is 4.27. The molecule has 1 aliphatic rings. The third-order valence-electron chi connectivity index (χ3n) is 4.27. The van der Waals surface area contributed by atoms with E-state index in [2.05, 4.69) is 10.6 Å². The summed E-state index contributed by atoms with van der Waals surface area (Å²) in [5.74, 6) is -0.210. The second-order valence-electron chi connectivity index (χ2n) is 7.57. The van der Waals surface area contributed by atoms with Gasteiger partial charge in [-0.05, 0) is 73.7 Å². The molecule has 0 bridgehead atoms. The van der Waals surface area contributed by atoms with Crippen molar-refractivity contribution in [1.82, 2.24) is 10.6 Å². The summed E-state index contributed by atoms with van der Waals surface area (Å²) in [6.07, 6.45) is 0.459. The fourth-order valence-electron chi connectivity index (χ4n) is 3.13. The molecule has 0 atom stereocenters. The van der Waals surface area contributed by atoms with E-state index in [1.54, 1.807) is 12.1 Å². The molecule has 0 radical (unpaired) electrons. The number of fused-ring (bicyclic) bond motifs is 1. The SMILES string of the molecule is CC(C)(C)OC(=O)NCc1ccc(-c2cc(F)cc3c2CCNC3)cc1. The summed E-state index contributed by atoms with van der Waals surface area (Å²) in [7, 11) is 0. The van der Waals surface area contributed by atoms with Crippen LogP contribution in [-0.4, -0.2) is 18.2 Å². The van der Waals surface area contributed by atoms with Gasteiger partial charge in [-0.2, -0.15) is 0 Å². The third kappa shape index (κ3) is 4.61. The molecule has 1 aliphatic heterocycles. The highest BCUT2D eigenvalue weighted by atomic mass is 19.1. The topological polar surface area (TPSA) is 50.4 Å². The number of hydrogen-bond acceptors (Lipinski definition) is 3. The highest BCUT2D eigenvalue weighted by molar-refractivity contribution is 5.70. The lowest BCUT2D eigenvalue weighted by Gasteiger charge is -2.21. The summed E-state index contributed by atoms with van der Waals surface area (Å²) < 4.78 is 19.2. The summed E-state index contributed by atoms with van der Waals surface area (Å²) in [4.78, 5) is 11.7. The molecule has 0 unspecified atom stereocenters. The van der Waals surface area contributed by atoms with Crippen LogP contribution in [0.3, 0.4) is 0 Å². The standard InChI is InChI=1S/C21H25FN2O2/c1-21(2,3)26-20(25)24-12-14-4-6-15(7-5-14)19-11-17(22)10-16-13-23-9-8-18(16)19/h4-7,10-11,23H,8-9,12-13H2,1-3H3,(H,24,25). The largest absolute Gasteiger partial charge is 0.444 e. The van der Waals surface area contributed by atoms with Crippen molar-refractivity contribution in [2.75, 3.05) is 6.54 Å². The van der Waals surface area contributed by atoms with Crippen molar-refractivity contribution in [2.24, 2.45) is 0 Å². The lowest BCUT2D eigenvalue weighted by Crippen LogP contribution is -2.32. The first-order valence-electron chi connectivity index (χ1n) is 8.90. The molecule has 26 heavy (non-hydrogen) atoms. The van der Waals surface area contributed by atoms with Crippen molar-refractivity contribution in [3.05, 3.63) is 58.9 Å². The first kappa shape index (κ1) is 18.4. The molecule has 0 saturated carbocycles. The Balaban J connectivity index is 1.72. The van der Waals surface area contributed by atoms with Crippen LogP contribution in [0.4, 0.5) is 9.18 Å². The molecule has 2 aromatic rings. The number of nitrogens with one attached hydrogen (secondary N) is 2. The van der Waals surface area contributed by atoms with Crippen LogP contribution in [0.15, 0.2) is 36.4 Å². The molecule has 1 heterocycles. The first-order valence-corrected chi connectivity index (χ1v) is 8.90. The number of ether oxygens (including phenoxy) is 1. The van der Waals surface area contributed by atoms with Gasteiger partial charge in [-0.1, -0.05) is 24.3 Å².